The van der Waals surface area contributed by atoms with Gasteiger partial charge in [0.15, 0.2) is 0 Å². The number of nitrogens with zero attached hydrogens (tertiary/aromatic N) is 3. The normalized spacial score (nSPS) is 16.5. The first-order chi connectivity index (χ1) is 22.1. The molecule has 46 heavy (non-hydrogen) atoms. The van der Waals surface area contributed by atoms with E-state index >= 15 is 0 Å². The standard InChI is InChI=1S/C23H30N4O.C14H18N2.C2H6.2H2/c1-5-20(19-14-21(17(4)25-15-19)26-23(28)16(2)3)24-11-13-27-12-7-6-8-22(27)18-9-10-18;1-4-5-6-12(9-14(2)7-8-14)13(10-15)11-16-3;1-2;;/h14-15,24H,1-2,6-13H2,3-4H3,(H,26,28);4-11H,1,15H2,2-3H3;1-2H3;2*1H/b;6-5-,12-9+,13-10+,16-11?;;;. The van der Waals surface area contributed by atoms with E-state index in [0.29, 0.717) is 11.3 Å². The highest BCUT2D eigenvalue weighted by atomic mass is 16.1. The predicted molar refractivity (Wildman–Crippen MR) is 202 cm³/mol. The average molecular weight is 627 g/mol. The fraction of sp³-hybridized carbons (Fsp3) is 0.385. The van der Waals surface area contributed by atoms with Gasteiger partial charge in [-0.05, 0) is 64.5 Å². The number of amides is 1. The van der Waals surface area contributed by atoms with Crippen LogP contribution in [0.15, 0.2) is 113 Å². The number of aromatic nitrogens is 1. The lowest BCUT2D eigenvalue weighted by Gasteiger charge is -2.32. The molecule has 1 aromatic rings. The molecule has 1 saturated carbocycles. The summed E-state index contributed by atoms with van der Waals surface area (Å²) < 4.78 is 0. The first kappa shape index (κ1) is 37.6. The summed E-state index contributed by atoms with van der Waals surface area (Å²) in [6.07, 6.45) is 23.6. The van der Waals surface area contributed by atoms with Gasteiger partial charge >= 0.3 is 0 Å². The summed E-state index contributed by atoms with van der Waals surface area (Å²) in [5, 5.41) is 6.30. The van der Waals surface area contributed by atoms with Crippen LogP contribution >= 0.6 is 0 Å². The zero-order chi connectivity index (χ0) is 34.1. The molecule has 7 nitrogen and oxygen atoms in total. The molecule has 0 atom stereocenters. The topological polar surface area (TPSA) is 95.6 Å². The molecule has 3 aliphatic rings. The van der Waals surface area contributed by atoms with Crippen molar-refractivity contribution in [3.8, 4) is 0 Å². The van der Waals surface area contributed by atoms with E-state index in [4.69, 9.17) is 5.73 Å². The number of aryl methyl sites for hydroxylation is 1. The minimum Gasteiger partial charge on any atom is -0.404 e. The van der Waals surface area contributed by atoms with Gasteiger partial charge < -0.3 is 21.3 Å². The molecule has 1 aromatic heterocycles. The van der Waals surface area contributed by atoms with Crippen LogP contribution in [0.1, 0.15) is 73.9 Å². The second-order valence-electron chi connectivity index (χ2n) is 11.5. The molecule has 0 aromatic carbocycles. The van der Waals surface area contributed by atoms with E-state index in [1.54, 1.807) is 49.9 Å². The molecule has 2 aliphatic carbocycles. The summed E-state index contributed by atoms with van der Waals surface area (Å²) in [7, 11) is 1.73. The zero-order valence-corrected chi connectivity index (χ0v) is 28.9. The Bertz CT molecular complexity index is 1480. The van der Waals surface area contributed by atoms with Gasteiger partial charge in [-0.15, -0.1) is 5.73 Å². The molecule has 1 aliphatic heterocycles. The number of anilines is 1. The first-order valence-electron chi connectivity index (χ1n) is 16.2. The molecule has 2 fully saturated rings. The molecular formula is C39H58N6O. The van der Waals surface area contributed by atoms with E-state index < -0.39 is 0 Å². The lowest BCUT2D eigenvalue weighted by Crippen LogP contribution is -2.34. The molecule has 0 radical (unpaired) electrons. The second kappa shape index (κ2) is 19.0. The van der Waals surface area contributed by atoms with Crippen LogP contribution in [0.25, 0.3) is 5.70 Å². The molecule has 2 heterocycles. The predicted octanol–water partition coefficient (Wildman–Crippen LogP) is 8.45. The number of hydrogen-bond acceptors (Lipinski definition) is 6. The molecule has 0 bridgehead atoms. The number of carbonyl (C=O) groups excluding carboxylic acids is 1. The largest absolute Gasteiger partial charge is 0.404 e. The molecule has 4 rings (SSSR count). The number of likely N-dealkylation sites (tertiary alicyclic amines) is 1. The highest BCUT2D eigenvalue weighted by Crippen LogP contribution is 2.38. The van der Waals surface area contributed by atoms with E-state index in [9.17, 15) is 4.79 Å². The van der Waals surface area contributed by atoms with Crippen LogP contribution < -0.4 is 16.4 Å². The van der Waals surface area contributed by atoms with Gasteiger partial charge in [-0.1, -0.05) is 75.6 Å². The van der Waals surface area contributed by atoms with Gasteiger partial charge in [0.05, 0.1) is 17.1 Å². The first-order valence-corrected chi connectivity index (χ1v) is 16.2. The summed E-state index contributed by atoms with van der Waals surface area (Å²) in [5.74, 6) is -0.204. The van der Waals surface area contributed by atoms with Crippen molar-refractivity contribution in [2.75, 3.05) is 32.0 Å². The third-order valence-corrected chi connectivity index (χ3v) is 7.61. The lowest BCUT2D eigenvalue weighted by molar-refractivity contribution is -0.112. The SMILES string of the molecule is C=C=C(NCCN1CCCCC1=C1CC1)c1cnc(C)c(NC(=O)C(=C)C)c1.C=C\C=C/C(=C\C1(C)C=C1)C(/C=NC)=C/N.CC.[HH].[HH]. The second-order valence-corrected chi connectivity index (χ2v) is 11.5. The van der Waals surface area contributed by atoms with Gasteiger partial charge in [0.1, 0.15) is 0 Å². The maximum Gasteiger partial charge on any atom is 0.250 e. The monoisotopic (exact) mass is 626 g/mol. The van der Waals surface area contributed by atoms with Crippen molar-refractivity contribution in [1.82, 2.24) is 15.2 Å². The Morgan fingerprint density at radius 2 is 1.96 bits per heavy atom. The molecule has 0 spiro atoms. The van der Waals surface area contributed by atoms with E-state index in [1.807, 2.05) is 39.0 Å². The Morgan fingerprint density at radius 1 is 1.24 bits per heavy atom. The minimum atomic E-state index is -0.204. The van der Waals surface area contributed by atoms with Gasteiger partial charge in [-0.2, -0.15) is 0 Å². The fourth-order valence-corrected chi connectivity index (χ4v) is 4.81. The van der Waals surface area contributed by atoms with Gasteiger partial charge in [0.2, 0.25) is 0 Å². The van der Waals surface area contributed by atoms with Crippen LogP contribution in [0.2, 0.25) is 0 Å². The molecule has 0 unspecified atom stereocenters. The Balaban J connectivity index is 0.000000950. The molecule has 250 valence electrons. The molecular weight excluding hydrogens is 568 g/mol. The van der Waals surface area contributed by atoms with Gasteiger partial charge in [-0.3, -0.25) is 14.8 Å². The number of piperidine rings is 1. The lowest BCUT2D eigenvalue weighted by atomic mass is 9.98. The molecule has 1 saturated heterocycles. The highest BCUT2D eigenvalue weighted by molar-refractivity contribution is 6.03. The molecule has 7 heteroatoms. The summed E-state index contributed by atoms with van der Waals surface area (Å²) in [5.41, 5.74) is 17.4. The number of rotatable bonds is 12. The van der Waals surface area contributed by atoms with Crippen LogP contribution in [-0.4, -0.2) is 48.7 Å². The number of allylic oxidation sites excluding steroid dienone is 10. The number of hydrogen-bond donors (Lipinski definition) is 3. The van der Waals surface area contributed by atoms with Crippen molar-refractivity contribution in [2.24, 2.45) is 16.1 Å². The van der Waals surface area contributed by atoms with Gasteiger partial charge in [-0.25, -0.2) is 0 Å². The Labute approximate surface area is 280 Å². The van der Waals surface area contributed by atoms with Crippen molar-refractivity contribution < 1.29 is 7.65 Å². The van der Waals surface area contributed by atoms with E-state index in [2.05, 4.69) is 76.1 Å². The van der Waals surface area contributed by atoms with E-state index in [-0.39, 0.29) is 14.2 Å². The van der Waals surface area contributed by atoms with Crippen molar-refractivity contribution >= 4 is 23.5 Å². The van der Waals surface area contributed by atoms with Crippen LogP contribution in [0.5, 0.6) is 0 Å². The number of nitrogens with two attached hydrogens (primary N) is 1. The Hall–Kier alpha value is -4.61. The molecule has 1 amide bonds. The minimum absolute atomic E-state index is 0. The maximum atomic E-state index is 12.0. The number of nitrogens with one attached hydrogen (secondary N) is 2. The summed E-state index contributed by atoms with van der Waals surface area (Å²) >= 11 is 0. The van der Waals surface area contributed by atoms with Crippen LogP contribution in [0.3, 0.4) is 0 Å². The van der Waals surface area contributed by atoms with Crippen LogP contribution in [0, 0.1) is 12.3 Å². The number of pyridine rings is 1. The van der Waals surface area contributed by atoms with Gasteiger partial charge in [0, 0.05) is 76.0 Å². The smallest absolute Gasteiger partial charge is 0.250 e. The molecule has 4 N–H and O–H groups in total. The summed E-state index contributed by atoms with van der Waals surface area (Å²) in [6, 6.07) is 1.90. The van der Waals surface area contributed by atoms with Crippen LogP contribution in [0.4, 0.5) is 5.69 Å². The quantitative estimate of drug-likeness (QED) is 0.0711. The van der Waals surface area contributed by atoms with Crippen LogP contribution in [-0.2, 0) is 4.79 Å². The van der Waals surface area contributed by atoms with Crippen molar-refractivity contribution in [3.63, 3.8) is 0 Å². The third kappa shape index (κ3) is 12.1. The highest BCUT2D eigenvalue weighted by Gasteiger charge is 2.25. The van der Waals surface area contributed by atoms with Gasteiger partial charge in [0.25, 0.3) is 5.91 Å². The van der Waals surface area contributed by atoms with Crippen molar-refractivity contribution in [1.29, 1.82) is 0 Å². The summed E-state index contributed by atoms with van der Waals surface area (Å²) in [4.78, 5) is 22.9. The number of aliphatic imine (C=N–C) groups is 1. The van der Waals surface area contributed by atoms with E-state index in [1.165, 1.54) is 32.1 Å². The Kier molecular flexibility index (Phi) is 15.5. The Morgan fingerprint density at radius 3 is 2.52 bits per heavy atom. The summed E-state index contributed by atoms with van der Waals surface area (Å²) in [6.45, 7) is 23.8. The average Bonchev–Trinajstić information content (AvgIpc) is 4.01. The van der Waals surface area contributed by atoms with Crippen molar-refractivity contribution in [3.05, 3.63) is 120 Å². The zero-order valence-electron chi connectivity index (χ0n) is 28.9. The number of carbonyl (C=O) groups is 1. The van der Waals surface area contributed by atoms with Crippen molar-refractivity contribution in [2.45, 2.75) is 66.7 Å². The maximum absolute atomic E-state index is 12.0. The fourth-order valence-electron chi connectivity index (χ4n) is 4.81. The van der Waals surface area contributed by atoms with E-state index in [0.717, 1.165) is 47.7 Å². The third-order valence-electron chi connectivity index (χ3n) is 7.61.